The van der Waals surface area contributed by atoms with E-state index in [1.165, 1.54) is 5.56 Å². The molecule has 1 fully saturated rings. The van der Waals surface area contributed by atoms with Crippen LogP contribution in [0.3, 0.4) is 0 Å². The predicted octanol–water partition coefficient (Wildman–Crippen LogP) is 1.21. The minimum atomic E-state index is -0.259. The van der Waals surface area contributed by atoms with Crippen LogP contribution in [-0.2, 0) is 15.9 Å². The van der Waals surface area contributed by atoms with E-state index in [4.69, 9.17) is 9.47 Å². The van der Waals surface area contributed by atoms with Gasteiger partial charge >= 0.3 is 5.97 Å². The number of hydrogen-bond acceptors (Lipinski definition) is 4. The lowest BCUT2D eigenvalue weighted by Crippen LogP contribution is -2.37. The van der Waals surface area contributed by atoms with E-state index in [1.54, 1.807) is 0 Å². The Morgan fingerprint density at radius 2 is 2.31 bits per heavy atom. The van der Waals surface area contributed by atoms with E-state index in [-0.39, 0.29) is 12.1 Å². The number of hydrogen-bond donors (Lipinski definition) is 1. The summed E-state index contributed by atoms with van der Waals surface area (Å²) in [7, 11) is 0. The number of benzene rings is 1. The Balaban J connectivity index is 1.75. The lowest BCUT2D eigenvalue weighted by Gasteiger charge is -2.25. The van der Waals surface area contributed by atoms with Crippen LogP contribution < -0.4 is 5.32 Å². The molecule has 16 heavy (non-hydrogen) atoms. The standard InChI is InChI=1S/C12H13NO3/c14-12(16-10-6-15-7-10)9-2-1-8-3-4-13-11(8)5-9/h1-2,5,10,13H,3-4,6-7H2. The second-order valence-corrected chi connectivity index (χ2v) is 4.11. The van der Waals surface area contributed by atoms with Crippen LogP contribution in [-0.4, -0.2) is 31.8 Å². The van der Waals surface area contributed by atoms with E-state index in [1.807, 2.05) is 18.2 Å². The second kappa shape index (κ2) is 3.79. The van der Waals surface area contributed by atoms with Crippen molar-refractivity contribution in [2.24, 2.45) is 0 Å². The highest BCUT2D eigenvalue weighted by molar-refractivity contribution is 5.91. The Morgan fingerprint density at radius 1 is 1.44 bits per heavy atom. The summed E-state index contributed by atoms with van der Waals surface area (Å²) in [4.78, 5) is 11.7. The largest absolute Gasteiger partial charge is 0.454 e. The Bertz CT molecular complexity index is 426. The van der Waals surface area contributed by atoms with Gasteiger partial charge in [-0.25, -0.2) is 4.79 Å². The molecule has 0 atom stereocenters. The number of rotatable bonds is 2. The molecule has 0 aliphatic carbocycles. The zero-order chi connectivity index (χ0) is 11.0. The van der Waals surface area contributed by atoms with Gasteiger partial charge in [0.05, 0.1) is 18.8 Å². The molecule has 84 valence electrons. The maximum absolute atomic E-state index is 11.7. The van der Waals surface area contributed by atoms with Gasteiger partial charge in [-0.2, -0.15) is 0 Å². The van der Waals surface area contributed by atoms with Gasteiger partial charge in [0, 0.05) is 12.2 Å². The Labute approximate surface area is 93.5 Å². The monoisotopic (exact) mass is 219 g/mol. The minimum absolute atomic E-state index is 0.0614. The van der Waals surface area contributed by atoms with Crippen LogP contribution in [0, 0.1) is 0 Å². The molecule has 2 aliphatic rings. The van der Waals surface area contributed by atoms with E-state index in [0.717, 1.165) is 18.7 Å². The van der Waals surface area contributed by atoms with Gasteiger partial charge in [0.1, 0.15) is 6.10 Å². The Kier molecular flexibility index (Phi) is 2.29. The number of fused-ring (bicyclic) bond motifs is 1. The van der Waals surface area contributed by atoms with Crippen molar-refractivity contribution in [2.45, 2.75) is 12.5 Å². The predicted molar refractivity (Wildman–Crippen MR) is 58.7 cm³/mol. The van der Waals surface area contributed by atoms with Crippen molar-refractivity contribution < 1.29 is 14.3 Å². The molecule has 1 aromatic carbocycles. The first-order valence-electron chi connectivity index (χ1n) is 5.48. The molecule has 2 aliphatic heterocycles. The lowest BCUT2D eigenvalue weighted by molar-refractivity contribution is -0.103. The van der Waals surface area contributed by atoms with E-state index < -0.39 is 0 Å². The Morgan fingerprint density at radius 3 is 3.06 bits per heavy atom. The summed E-state index contributed by atoms with van der Waals surface area (Å²) in [5.74, 6) is -0.259. The first-order chi connectivity index (χ1) is 7.83. The van der Waals surface area contributed by atoms with Crippen molar-refractivity contribution in [3.8, 4) is 0 Å². The highest BCUT2D eigenvalue weighted by Gasteiger charge is 2.24. The van der Waals surface area contributed by atoms with Crippen molar-refractivity contribution in [3.63, 3.8) is 0 Å². The van der Waals surface area contributed by atoms with Crippen LogP contribution in [0.4, 0.5) is 5.69 Å². The quantitative estimate of drug-likeness (QED) is 0.759. The molecule has 1 saturated heterocycles. The highest BCUT2D eigenvalue weighted by atomic mass is 16.6. The zero-order valence-corrected chi connectivity index (χ0v) is 8.86. The lowest BCUT2D eigenvalue weighted by atomic mass is 10.1. The molecule has 0 saturated carbocycles. The van der Waals surface area contributed by atoms with Crippen molar-refractivity contribution in [1.29, 1.82) is 0 Å². The number of ether oxygens (including phenoxy) is 2. The first-order valence-corrected chi connectivity index (χ1v) is 5.48. The molecule has 0 amide bonds. The van der Waals surface area contributed by atoms with Crippen molar-refractivity contribution in [1.82, 2.24) is 0 Å². The number of carbonyl (C=O) groups is 1. The molecular weight excluding hydrogens is 206 g/mol. The van der Waals surface area contributed by atoms with Crippen LogP contribution in [0.25, 0.3) is 0 Å². The zero-order valence-electron chi connectivity index (χ0n) is 8.86. The summed E-state index contributed by atoms with van der Waals surface area (Å²) in [5, 5.41) is 3.24. The topological polar surface area (TPSA) is 47.6 Å². The van der Waals surface area contributed by atoms with Gasteiger partial charge in [-0.3, -0.25) is 0 Å². The van der Waals surface area contributed by atoms with Crippen molar-refractivity contribution >= 4 is 11.7 Å². The van der Waals surface area contributed by atoms with Gasteiger partial charge in [-0.05, 0) is 24.1 Å². The van der Waals surface area contributed by atoms with Gasteiger partial charge in [0.2, 0.25) is 0 Å². The summed E-state index contributed by atoms with van der Waals surface area (Å²) in [6, 6.07) is 5.68. The fourth-order valence-corrected chi connectivity index (χ4v) is 1.92. The molecule has 4 nitrogen and oxygen atoms in total. The molecule has 0 radical (unpaired) electrons. The van der Waals surface area contributed by atoms with E-state index >= 15 is 0 Å². The molecular formula is C12H13NO3. The number of carbonyl (C=O) groups excluding carboxylic acids is 1. The molecule has 3 rings (SSSR count). The second-order valence-electron chi connectivity index (χ2n) is 4.11. The van der Waals surface area contributed by atoms with E-state index in [0.29, 0.717) is 18.8 Å². The van der Waals surface area contributed by atoms with Crippen LogP contribution in [0.5, 0.6) is 0 Å². The van der Waals surface area contributed by atoms with Crippen molar-refractivity contribution in [2.75, 3.05) is 25.1 Å². The van der Waals surface area contributed by atoms with Crippen LogP contribution in [0.2, 0.25) is 0 Å². The number of anilines is 1. The highest BCUT2D eigenvalue weighted by Crippen LogP contribution is 2.24. The summed E-state index contributed by atoms with van der Waals surface area (Å²) < 4.78 is 10.2. The maximum atomic E-state index is 11.7. The van der Waals surface area contributed by atoms with Gasteiger partial charge in [-0.1, -0.05) is 6.07 Å². The van der Waals surface area contributed by atoms with Gasteiger partial charge in [-0.15, -0.1) is 0 Å². The summed E-state index contributed by atoms with van der Waals surface area (Å²) in [6.07, 6.45) is 0.968. The third-order valence-electron chi connectivity index (χ3n) is 2.94. The van der Waals surface area contributed by atoms with Crippen LogP contribution in [0.1, 0.15) is 15.9 Å². The molecule has 1 N–H and O–H groups in total. The van der Waals surface area contributed by atoms with E-state index in [2.05, 4.69) is 5.32 Å². The molecule has 0 unspecified atom stereocenters. The minimum Gasteiger partial charge on any atom is -0.454 e. The molecule has 0 spiro atoms. The SMILES string of the molecule is O=C(OC1COC1)c1ccc2c(c1)NCC2. The van der Waals surface area contributed by atoms with Gasteiger partial charge < -0.3 is 14.8 Å². The third-order valence-corrected chi connectivity index (χ3v) is 2.94. The Hall–Kier alpha value is -1.55. The molecule has 0 aromatic heterocycles. The summed E-state index contributed by atoms with van der Waals surface area (Å²) >= 11 is 0. The first kappa shape index (κ1) is 9.66. The molecule has 4 heteroatoms. The normalized spacial score (nSPS) is 18.5. The van der Waals surface area contributed by atoms with Gasteiger partial charge in [0.15, 0.2) is 0 Å². The average molecular weight is 219 g/mol. The third kappa shape index (κ3) is 1.65. The summed E-state index contributed by atoms with van der Waals surface area (Å²) in [5.41, 5.74) is 2.93. The molecule has 0 bridgehead atoms. The smallest absolute Gasteiger partial charge is 0.338 e. The van der Waals surface area contributed by atoms with E-state index in [9.17, 15) is 4.79 Å². The summed E-state index contributed by atoms with van der Waals surface area (Å²) in [6.45, 7) is 1.99. The number of esters is 1. The van der Waals surface area contributed by atoms with Gasteiger partial charge in [0.25, 0.3) is 0 Å². The fraction of sp³-hybridized carbons (Fsp3) is 0.417. The van der Waals surface area contributed by atoms with Crippen LogP contribution in [0.15, 0.2) is 18.2 Å². The van der Waals surface area contributed by atoms with Crippen LogP contribution >= 0.6 is 0 Å². The molecule has 2 heterocycles. The molecule has 1 aromatic rings. The maximum Gasteiger partial charge on any atom is 0.338 e. The van der Waals surface area contributed by atoms with Crippen molar-refractivity contribution in [3.05, 3.63) is 29.3 Å². The number of nitrogens with one attached hydrogen (secondary N) is 1. The fourth-order valence-electron chi connectivity index (χ4n) is 1.92. The average Bonchev–Trinajstić information content (AvgIpc) is 2.69.